The topological polar surface area (TPSA) is 58.1 Å². The third-order valence-corrected chi connectivity index (χ3v) is 4.96. The predicted molar refractivity (Wildman–Crippen MR) is 92.9 cm³/mol. The highest BCUT2D eigenvalue weighted by atomic mass is 16.2. The molecule has 1 aromatic carbocycles. The van der Waals surface area contributed by atoms with E-state index in [1.54, 1.807) is 0 Å². The molecule has 2 aliphatic rings. The molecule has 1 amide bonds. The van der Waals surface area contributed by atoms with Gasteiger partial charge in [0.15, 0.2) is 0 Å². The van der Waals surface area contributed by atoms with Gasteiger partial charge >= 0.3 is 0 Å². The summed E-state index contributed by atoms with van der Waals surface area (Å²) in [5.74, 6) is 2.21. The second-order valence-corrected chi connectivity index (χ2v) is 6.62. The van der Waals surface area contributed by atoms with Crippen LogP contribution in [0, 0.1) is 6.92 Å². The number of nitrogens with one attached hydrogen (secondary N) is 1. The van der Waals surface area contributed by atoms with Gasteiger partial charge in [0.2, 0.25) is 5.91 Å². The van der Waals surface area contributed by atoms with Crippen molar-refractivity contribution in [3.05, 3.63) is 53.0 Å². The number of amides is 1. The van der Waals surface area contributed by atoms with Crippen molar-refractivity contribution < 1.29 is 4.79 Å². The number of nitrogens with zero attached hydrogens (tertiary/aromatic N) is 3. The fourth-order valence-corrected chi connectivity index (χ4v) is 3.59. The maximum absolute atomic E-state index is 12.6. The Morgan fingerprint density at radius 2 is 2.04 bits per heavy atom. The molecule has 1 aromatic heterocycles. The monoisotopic (exact) mass is 322 g/mol. The third-order valence-electron chi connectivity index (χ3n) is 4.96. The zero-order chi connectivity index (χ0) is 16.5. The van der Waals surface area contributed by atoms with E-state index in [0.717, 1.165) is 54.4 Å². The Morgan fingerprint density at radius 3 is 2.79 bits per heavy atom. The van der Waals surface area contributed by atoms with E-state index in [-0.39, 0.29) is 5.91 Å². The second kappa shape index (κ2) is 6.32. The first kappa shape index (κ1) is 15.3. The number of hydrogen-bond acceptors (Lipinski definition) is 4. The Balaban J connectivity index is 1.73. The number of aromatic nitrogens is 2. The summed E-state index contributed by atoms with van der Waals surface area (Å²) in [7, 11) is 0. The van der Waals surface area contributed by atoms with Crippen molar-refractivity contribution >= 4 is 11.7 Å². The number of anilines is 1. The van der Waals surface area contributed by atoms with Gasteiger partial charge < -0.3 is 5.32 Å². The summed E-state index contributed by atoms with van der Waals surface area (Å²) >= 11 is 0. The van der Waals surface area contributed by atoms with E-state index in [9.17, 15) is 4.79 Å². The first-order valence-electron chi connectivity index (χ1n) is 8.65. The van der Waals surface area contributed by atoms with Crippen LogP contribution in [0.1, 0.15) is 41.4 Å². The average molecular weight is 322 g/mol. The Morgan fingerprint density at radius 1 is 1.21 bits per heavy atom. The molecule has 0 bridgehead atoms. The van der Waals surface area contributed by atoms with Crippen molar-refractivity contribution in [1.29, 1.82) is 0 Å². The van der Waals surface area contributed by atoms with Crippen molar-refractivity contribution in [1.82, 2.24) is 15.3 Å². The van der Waals surface area contributed by atoms with Gasteiger partial charge in [-0.1, -0.05) is 30.3 Å². The van der Waals surface area contributed by atoms with Gasteiger partial charge in [-0.15, -0.1) is 0 Å². The zero-order valence-electron chi connectivity index (χ0n) is 14.0. The van der Waals surface area contributed by atoms with Crippen LogP contribution < -0.4 is 10.2 Å². The summed E-state index contributed by atoms with van der Waals surface area (Å²) in [5, 5.41) is 3.37. The van der Waals surface area contributed by atoms with Crippen LogP contribution in [-0.2, 0) is 17.8 Å². The van der Waals surface area contributed by atoms with Crippen LogP contribution in [0.3, 0.4) is 0 Å². The molecule has 124 valence electrons. The largest absolute Gasteiger partial charge is 0.316 e. The molecule has 0 spiro atoms. The van der Waals surface area contributed by atoms with E-state index in [0.29, 0.717) is 18.9 Å². The summed E-state index contributed by atoms with van der Waals surface area (Å²) in [6.07, 6.45) is 2.34. The molecule has 0 aliphatic carbocycles. The van der Waals surface area contributed by atoms with Gasteiger partial charge in [0, 0.05) is 30.1 Å². The minimum absolute atomic E-state index is 0.153. The summed E-state index contributed by atoms with van der Waals surface area (Å²) in [5.41, 5.74) is 3.27. The van der Waals surface area contributed by atoms with Gasteiger partial charge in [0.25, 0.3) is 0 Å². The molecule has 1 fully saturated rings. The number of hydrogen-bond donors (Lipinski definition) is 1. The molecule has 5 heteroatoms. The number of rotatable bonds is 3. The van der Waals surface area contributed by atoms with Crippen LogP contribution in [0.15, 0.2) is 30.3 Å². The molecule has 2 aromatic rings. The van der Waals surface area contributed by atoms with Crippen LogP contribution in [-0.4, -0.2) is 29.0 Å². The summed E-state index contributed by atoms with van der Waals surface area (Å²) in [6.45, 7) is 4.55. The Hall–Kier alpha value is -2.27. The minimum atomic E-state index is 0.153. The maximum Gasteiger partial charge on any atom is 0.228 e. The normalized spacial score (nSPS) is 20.3. The standard InChI is InChI=1S/C19H22N4O/c1-13-16-7-8-17(24)23(12-14-5-3-2-4-6-14)19(16)22-18(21-13)15-9-10-20-11-15/h2-6,15,20H,7-12H2,1H3/t15-/m1/s1. The molecule has 5 nitrogen and oxygen atoms in total. The lowest BCUT2D eigenvalue weighted by molar-refractivity contribution is -0.119. The van der Waals surface area contributed by atoms with Crippen LogP contribution in [0.25, 0.3) is 0 Å². The Kier molecular flexibility index (Phi) is 4.02. The Labute approximate surface area is 142 Å². The lowest BCUT2D eigenvalue weighted by Gasteiger charge is -2.30. The van der Waals surface area contributed by atoms with Crippen LogP contribution in [0.2, 0.25) is 0 Å². The number of benzene rings is 1. The molecular weight excluding hydrogens is 300 g/mol. The van der Waals surface area contributed by atoms with E-state index in [1.165, 1.54) is 0 Å². The molecule has 0 radical (unpaired) electrons. The maximum atomic E-state index is 12.6. The first-order valence-corrected chi connectivity index (χ1v) is 8.65. The van der Waals surface area contributed by atoms with Crippen molar-refractivity contribution in [2.24, 2.45) is 0 Å². The molecule has 4 rings (SSSR count). The lowest BCUT2D eigenvalue weighted by Crippen LogP contribution is -2.36. The fourth-order valence-electron chi connectivity index (χ4n) is 3.59. The molecule has 3 heterocycles. The predicted octanol–water partition coefficient (Wildman–Crippen LogP) is 2.34. The van der Waals surface area contributed by atoms with E-state index >= 15 is 0 Å². The van der Waals surface area contributed by atoms with Crippen molar-refractivity contribution in [2.45, 2.75) is 38.6 Å². The number of carbonyl (C=O) groups is 1. The quantitative estimate of drug-likeness (QED) is 0.942. The Bertz CT molecular complexity index is 753. The number of carbonyl (C=O) groups excluding carboxylic acids is 1. The van der Waals surface area contributed by atoms with Gasteiger partial charge in [-0.3, -0.25) is 9.69 Å². The minimum Gasteiger partial charge on any atom is -0.316 e. The highest BCUT2D eigenvalue weighted by Crippen LogP contribution is 2.31. The van der Waals surface area contributed by atoms with Crippen LogP contribution in [0.4, 0.5) is 5.82 Å². The molecule has 0 unspecified atom stereocenters. The fraction of sp³-hybridized carbons (Fsp3) is 0.421. The molecule has 1 atom stereocenters. The van der Waals surface area contributed by atoms with E-state index in [2.05, 4.69) is 17.4 Å². The van der Waals surface area contributed by atoms with Crippen molar-refractivity contribution in [2.75, 3.05) is 18.0 Å². The zero-order valence-corrected chi connectivity index (χ0v) is 14.0. The van der Waals surface area contributed by atoms with Crippen LogP contribution in [0.5, 0.6) is 0 Å². The van der Waals surface area contributed by atoms with E-state index in [1.807, 2.05) is 30.0 Å². The molecule has 1 saturated heterocycles. The van der Waals surface area contributed by atoms with Gasteiger partial charge in [-0.25, -0.2) is 9.97 Å². The summed E-state index contributed by atoms with van der Waals surface area (Å²) in [4.78, 5) is 24.0. The SMILES string of the molecule is Cc1nc([C@@H]2CCNC2)nc2c1CCC(=O)N2Cc1ccccc1. The highest BCUT2D eigenvalue weighted by Gasteiger charge is 2.30. The van der Waals surface area contributed by atoms with Crippen molar-refractivity contribution in [3.63, 3.8) is 0 Å². The average Bonchev–Trinajstić information content (AvgIpc) is 3.13. The van der Waals surface area contributed by atoms with E-state index < -0.39 is 0 Å². The summed E-state index contributed by atoms with van der Waals surface area (Å²) < 4.78 is 0. The molecule has 1 N–H and O–H groups in total. The number of aryl methyl sites for hydroxylation is 1. The lowest BCUT2D eigenvalue weighted by atomic mass is 10.0. The summed E-state index contributed by atoms with van der Waals surface area (Å²) in [6, 6.07) is 10.1. The highest BCUT2D eigenvalue weighted by molar-refractivity contribution is 5.95. The van der Waals surface area contributed by atoms with Gasteiger partial charge in [-0.2, -0.15) is 0 Å². The van der Waals surface area contributed by atoms with E-state index in [4.69, 9.17) is 9.97 Å². The van der Waals surface area contributed by atoms with Gasteiger partial charge in [0.05, 0.1) is 6.54 Å². The van der Waals surface area contributed by atoms with Crippen LogP contribution >= 0.6 is 0 Å². The van der Waals surface area contributed by atoms with Gasteiger partial charge in [0.1, 0.15) is 11.6 Å². The molecule has 2 aliphatic heterocycles. The molecule has 0 saturated carbocycles. The molecule has 24 heavy (non-hydrogen) atoms. The number of fused-ring (bicyclic) bond motifs is 1. The molecular formula is C19H22N4O. The van der Waals surface area contributed by atoms with Crippen molar-refractivity contribution in [3.8, 4) is 0 Å². The van der Waals surface area contributed by atoms with Gasteiger partial charge in [-0.05, 0) is 31.9 Å². The smallest absolute Gasteiger partial charge is 0.228 e. The second-order valence-electron chi connectivity index (χ2n) is 6.62. The third kappa shape index (κ3) is 2.80. The first-order chi connectivity index (χ1) is 11.7.